The number of nitrogens with zero attached hydrogens (tertiary/aromatic N) is 9. The maximum absolute atomic E-state index is 11.9. The van der Waals surface area contributed by atoms with Crippen molar-refractivity contribution in [3.8, 4) is 5.82 Å². The first-order chi connectivity index (χ1) is 21.4. The fourth-order valence-corrected chi connectivity index (χ4v) is 4.05. The zero-order chi connectivity index (χ0) is 30.9. The van der Waals surface area contributed by atoms with Crippen molar-refractivity contribution in [3.05, 3.63) is 132 Å². The SMILES string of the molecule is Nc1ccccc1Nc1ccnc(Cl)n1.O=C(n1ccnc1)n1ccnc1.O=c1[nH]c2ccccc2n1-c1ccnc(Cl)n1. The Morgan fingerprint density at radius 2 is 1.43 bits per heavy atom. The summed E-state index contributed by atoms with van der Waals surface area (Å²) in [6.45, 7) is 0. The number of imidazole rings is 3. The molecule has 0 saturated carbocycles. The molecule has 7 aromatic rings. The van der Waals surface area contributed by atoms with E-state index in [1.807, 2.05) is 48.5 Å². The molecular formula is C28H22Cl2N12O2. The number of nitrogen functional groups attached to an aromatic ring is 1. The van der Waals surface area contributed by atoms with E-state index in [1.165, 1.54) is 32.6 Å². The van der Waals surface area contributed by atoms with Crippen LogP contribution in [-0.4, -0.2) is 54.6 Å². The summed E-state index contributed by atoms with van der Waals surface area (Å²) in [4.78, 5) is 49.1. The molecule has 0 aliphatic rings. The largest absolute Gasteiger partial charge is 0.397 e. The fourth-order valence-electron chi connectivity index (χ4n) is 3.76. The molecule has 44 heavy (non-hydrogen) atoms. The molecule has 0 saturated heterocycles. The number of nitrogens with two attached hydrogens (primary N) is 1. The first-order valence-corrected chi connectivity index (χ1v) is 13.4. The Kier molecular flexibility index (Phi) is 9.34. The third-order valence-corrected chi connectivity index (χ3v) is 6.09. The van der Waals surface area contributed by atoms with Crippen LogP contribution in [0.4, 0.5) is 22.0 Å². The van der Waals surface area contributed by atoms with E-state index in [-0.39, 0.29) is 22.3 Å². The van der Waals surface area contributed by atoms with Crippen LogP contribution in [0.3, 0.4) is 0 Å². The molecule has 16 heteroatoms. The second kappa shape index (κ2) is 13.9. The van der Waals surface area contributed by atoms with Crippen molar-refractivity contribution >= 4 is 57.5 Å². The summed E-state index contributed by atoms with van der Waals surface area (Å²) in [5.74, 6) is 1.07. The number of carbonyl (C=O) groups excluding carboxylic acids is 1. The van der Waals surface area contributed by atoms with Gasteiger partial charge in [-0.1, -0.05) is 24.3 Å². The molecule has 220 valence electrons. The molecule has 0 aliphatic carbocycles. The molecule has 0 fully saturated rings. The minimum absolute atomic E-state index is 0.111. The van der Waals surface area contributed by atoms with E-state index >= 15 is 0 Å². The Hall–Kier alpha value is -5.86. The average molecular weight is 629 g/mol. The van der Waals surface area contributed by atoms with Gasteiger partial charge in [0.05, 0.1) is 22.4 Å². The van der Waals surface area contributed by atoms with Crippen LogP contribution in [0.5, 0.6) is 0 Å². The van der Waals surface area contributed by atoms with Crippen LogP contribution in [0.25, 0.3) is 16.9 Å². The molecule has 0 atom stereocenters. The number of rotatable bonds is 3. The molecule has 0 radical (unpaired) electrons. The van der Waals surface area contributed by atoms with Gasteiger partial charge in [0.25, 0.3) is 0 Å². The van der Waals surface area contributed by atoms with Crippen LogP contribution < -0.4 is 16.7 Å². The fraction of sp³-hybridized carbons (Fsp3) is 0. The van der Waals surface area contributed by atoms with Gasteiger partial charge in [-0.15, -0.1) is 0 Å². The number of halogens is 2. The predicted octanol–water partition coefficient (Wildman–Crippen LogP) is 4.81. The molecule has 0 bridgehead atoms. The molecule has 5 aromatic heterocycles. The summed E-state index contributed by atoms with van der Waals surface area (Å²) in [7, 11) is 0. The lowest BCUT2D eigenvalue weighted by Crippen LogP contribution is -2.15. The van der Waals surface area contributed by atoms with Crippen LogP contribution in [0.2, 0.25) is 10.6 Å². The number of aromatic nitrogens is 10. The third kappa shape index (κ3) is 7.31. The maximum Gasteiger partial charge on any atom is 0.338 e. The lowest BCUT2D eigenvalue weighted by molar-refractivity contribution is 0.244. The van der Waals surface area contributed by atoms with Crippen molar-refractivity contribution in [1.82, 2.24) is 48.6 Å². The van der Waals surface area contributed by atoms with Crippen LogP contribution in [0.1, 0.15) is 0 Å². The lowest BCUT2D eigenvalue weighted by atomic mass is 10.3. The van der Waals surface area contributed by atoms with Crippen molar-refractivity contribution < 1.29 is 4.79 Å². The van der Waals surface area contributed by atoms with Crippen molar-refractivity contribution in [2.24, 2.45) is 0 Å². The number of para-hydroxylation sites is 4. The van der Waals surface area contributed by atoms with E-state index < -0.39 is 0 Å². The van der Waals surface area contributed by atoms with Gasteiger partial charge in [-0.3, -0.25) is 9.13 Å². The highest BCUT2D eigenvalue weighted by Gasteiger charge is 2.09. The second-order valence-electron chi connectivity index (χ2n) is 8.61. The first-order valence-electron chi connectivity index (χ1n) is 12.7. The Morgan fingerprint density at radius 3 is 2.07 bits per heavy atom. The summed E-state index contributed by atoms with van der Waals surface area (Å²) in [5.41, 5.74) is 8.49. The minimum Gasteiger partial charge on any atom is -0.397 e. The minimum atomic E-state index is -0.249. The number of nitrogens with one attached hydrogen (secondary N) is 2. The Balaban J connectivity index is 0.000000133. The number of benzene rings is 2. The summed E-state index contributed by atoms with van der Waals surface area (Å²) < 4.78 is 4.21. The molecule has 4 N–H and O–H groups in total. The lowest BCUT2D eigenvalue weighted by Gasteiger charge is -2.07. The van der Waals surface area contributed by atoms with E-state index in [2.05, 4.69) is 40.2 Å². The number of H-pyrrole nitrogens is 1. The molecule has 0 unspecified atom stereocenters. The maximum atomic E-state index is 11.9. The summed E-state index contributed by atoms with van der Waals surface area (Å²) >= 11 is 11.4. The van der Waals surface area contributed by atoms with Crippen LogP contribution in [0.15, 0.2) is 115 Å². The van der Waals surface area contributed by atoms with Gasteiger partial charge in [0, 0.05) is 43.2 Å². The number of fused-ring (bicyclic) bond motifs is 1. The number of hydrogen-bond acceptors (Lipinski definition) is 10. The van der Waals surface area contributed by atoms with Gasteiger partial charge in [0.15, 0.2) is 0 Å². The Morgan fingerprint density at radius 1 is 0.795 bits per heavy atom. The molecular weight excluding hydrogens is 607 g/mol. The number of carbonyl (C=O) groups is 1. The predicted molar refractivity (Wildman–Crippen MR) is 166 cm³/mol. The van der Waals surface area contributed by atoms with E-state index in [1.54, 1.807) is 43.1 Å². The highest BCUT2D eigenvalue weighted by Crippen LogP contribution is 2.21. The number of aromatic amines is 1. The van der Waals surface area contributed by atoms with Crippen molar-refractivity contribution in [1.29, 1.82) is 0 Å². The zero-order valence-corrected chi connectivity index (χ0v) is 24.1. The van der Waals surface area contributed by atoms with Gasteiger partial charge in [-0.2, -0.15) is 4.98 Å². The van der Waals surface area contributed by atoms with Gasteiger partial charge in [0.2, 0.25) is 10.6 Å². The summed E-state index contributed by atoms with van der Waals surface area (Å²) in [5, 5.41) is 3.37. The average Bonchev–Trinajstić information content (AvgIpc) is 3.80. The Labute approximate surface area is 258 Å². The van der Waals surface area contributed by atoms with Gasteiger partial charge in [0.1, 0.15) is 24.3 Å². The van der Waals surface area contributed by atoms with Gasteiger partial charge in [-0.05, 0) is 53.5 Å². The number of hydrogen-bond donors (Lipinski definition) is 3. The summed E-state index contributed by atoms with van der Waals surface area (Å²) in [6, 6.07) is 18.0. The smallest absolute Gasteiger partial charge is 0.338 e. The van der Waals surface area contributed by atoms with E-state index in [4.69, 9.17) is 28.9 Å². The van der Waals surface area contributed by atoms with Crippen LogP contribution >= 0.6 is 23.2 Å². The number of anilines is 3. The highest BCUT2D eigenvalue weighted by molar-refractivity contribution is 6.28. The molecule has 14 nitrogen and oxygen atoms in total. The molecule has 2 aromatic carbocycles. The normalized spacial score (nSPS) is 10.3. The second-order valence-corrected chi connectivity index (χ2v) is 9.29. The van der Waals surface area contributed by atoms with Crippen molar-refractivity contribution in [3.63, 3.8) is 0 Å². The van der Waals surface area contributed by atoms with Gasteiger partial charge in [-0.25, -0.2) is 39.1 Å². The van der Waals surface area contributed by atoms with Gasteiger partial charge >= 0.3 is 11.7 Å². The topological polar surface area (TPSA) is 180 Å². The molecule has 0 aliphatic heterocycles. The third-order valence-electron chi connectivity index (χ3n) is 5.73. The summed E-state index contributed by atoms with van der Waals surface area (Å²) in [6.07, 6.45) is 12.3. The molecule has 7 rings (SSSR count). The van der Waals surface area contributed by atoms with Crippen LogP contribution in [-0.2, 0) is 0 Å². The van der Waals surface area contributed by atoms with Crippen molar-refractivity contribution in [2.75, 3.05) is 11.1 Å². The van der Waals surface area contributed by atoms with Crippen LogP contribution in [0, 0.1) is 0 Å². The molecule has 0 amide bonds. The first kappa shape index (κ1) is 29.6. The highest BCUT2D eigenvalue weighted by atomic mass is 35.5. The molecule has 5 heterocycles. The zero-order valence-electron chi connectivity index (χ0n) is 22.6. The standard InChI is InChI=1S/C11H7ClN4O.C10H9ClN4.C7H6N4O/c12-10-13-6-5-9(15-10)16-8-4-2-1-3-7(8)14-11(16)17;11-10-13-6-5-9(15-10)14-8-4-2-1-3-7(8)12;12-7(10-3-1-8-5-10)11-4-2-9-6-11/h1-6H,(H,14,17);1-6H,12H2,(H,13,14,15);1-6H. The van der Waals surface area contributed by atoms with E-state index in [0.717, 1.165) is 16.7 Å². The quantitative estimate of drug-likeness (QED) is 0.181. The van der Waals surface area contributed by atoms with E-state index in [0.29, 0.717) is 17.3 Å². The van der Waals surface area contributed by atoms with E-state index in [9.17, 15) is 9.59 Å². The Bertz CT molecular complexity index is 2000. The van der Waals surface area contributed by atoms with Crippen molar-refractivity contribution in [2.45, 2.75) is 0 Å². The monoisotopic (exact) mass is 628 g/mol. The van der Waals surface area contributed by atoms with Gasteiger partial charge < -0.3 is 16.0 Å². The molecule has 0 spiro atoms.